The van der Waals surface area contributed by atoms with E-state index in [-0.39, 0.29) is 6.61 Å². The number of aromatic nitrogens is 1. The SMILES string of the molecule is COc1ccc(COC=O)cn1. The molecule has 4 heteroatoms. The highest BCUT2D eigenvalue weighted by Gasteiger charge is 1.94. The fraction of sp³-hybridized carbons (Fsp3) is 0.250. The Kier molecular flexibility index (Phi) is 3.07. The molecule has 0 amide bonds. The molecule has 0 atom stereocenters. The number of rotatable bonds is 4. The van der Waals surface area contributed by atoms with E-state index in [2.05, 4.69) is 9.72 Å². The van der Waals surface area contributed by atoms with Crippen molar-refractivity contribution in [3.8, 4) is 5.88 Å². The third-order valence-corrected chi connectivity index (χ3v) is 1.32. The molecule has 4 nitrogen and oxygen atoms in total. The van der Waals surface area contributed by atoms with Gasteiger partial charge in [-0.3, -0.25) is 4.79 Å². The smallest absolute Gasteiger partial charge is 0.293 e. The highest BCUT2D eigenvalue weighted by atomic mass is 16.5. The van der Waals surface area contributed by atoms with Crippen LogP contribution < -0.4 is 4.74 Å². The molecule has 0 N–H and O–H groups in total. The summed E-state index contributed by atoms with van der Waals surface area (Å²) in [6.07, 6.45) is 1.60. The van der Waals surface area contributed by atoms with Crippen LogP contribution in [0.5, 0.6) is 5.88 Å². The molecule has 0 fully saturated rings. The minimum absolute atomic E-state index is 0.250. The Labute approximate surface area is 70.1 Å². The number of hydrogen-bond acceptors (Lipinski definition) is 4. The van der Waals surface area contributed by atoms with Gasteiger partial charge in [-0.1, -0.05) is 0 Å². The van der Waals surface area contributed by atoms with Gasteiger partial charge in [0.15, 0.2) is 0 Å². The van der Waals surface area contributed by atoms with Gasteiger partial charge < -0.3 is 9.47 Å². The summed E-state index contributed by atoms with van der Waals surface area (Å²) in [6, 6.07) is 3.50. The van der Waals surface area contributed by atoms with Crippen LogP contribution in [0.3, 0.4) is 0 Å². The zero-order valence-electron chi connectivity index (χ0n) is 6.69. The number of carbonyl (C=O) groups is 1. The Hall–Kier alpha value is -1.58. The van der Waals surface area contributed by atoms with Gasteiger partial charge in [0.1, 0.15) is 6.61 Å². The molecular weight excluding hydrogens is 158 g/mol. The molecule has 0 aromatic carbocycles. The summed E-state index contributed by atoms with van der Waals surface area (Å²) in [5.41, 5.74) is 0.836. The number of methoxy groups -OCH3 is 1. The van der Waals surface area contributed by atoms with Crippen molar-refractivity contribution in [1.82, 2.24) is 4.98 Å². The molecule has 0 saturated heterocycles. The van der Waals surface area contributed by atoms with E-state index in [1.807, 2.05) is 0 Å². The van der Waals surface area contributed by atoms with Gasteiger partial charge in [0.25, 0.3) is 6.47 Å². The maximum absolute atomic E-state index is 9.83. The molecule has 1 aromatic rings. The highest BCUT2D eigenvalue weighted by molar-refractivity contribution is 5.37. The van der Waals surface area contributed by atoms with Crippen molar-refractivity contribution in [3.05, 3.63) is 23.9 Å². The van der Waals surface area contributed by atoms with Crippen molar-refractivity contribution in [1.29, 1.82) is 0 Å². The number of pyridine rings is 1. The lowest BCUT2D eigenvalue weighted by Gasteiger charge is -2.00. The minimum atomic E-state index is 0.250. The lowest BCUT2D eigenvalue weighted by molar-refractivity contribution is -0.129. The van der Waals surface area contributed by atoms with E-state index in [0.29, 0.717) is 12.4 Å². The molecule has 0 saturated carbocycles. The standard InChI is InChI=1S/C8H9NO3/c1-11-8-3-2-7(4-9-8)5-12-6-10/h2-4,6H,5H2,1H3. The average molecular weight is 167 g/mol. The molecular formula is C8H9NO3. The van der Waals surface area contributed by atoms with Gasteiger partial charge in [0.05, 0.1) is 7.11 Å². The van der Waals surface area contributed by atoms with Crippen LogP contribution in [0.25, 0.3) is 0 Å². The molecule has 1 heterocycles. The summed E-state index contributed by atoms with van der Waals surface area (Å²) in [6.45, 7) is 0.657. The number of ether oxygens (including phenoxy) is 2. The predicted molar refractivity (Wildman–Crippen MR) is 41.6 cm³/mol. The first-order valence-corrected chi connectivity index (χ1v) is 3.41. The van der Waals surface area contributed by atoms with Gasteiger partial charge in [-0.2, -0.15) is 0 Å². The molecule has 0 radical (unpaired) electrons. The molecule has 0 aliphatic rings. The van der Waals surface area contributed by atoms with E-state index in [1.165, 1.54) is 0 Å². The fourth-order valence-corrected chi connectivity index (χ4v) is 0.747. The van der Waals surface area contributed by atoms with Gasteiger partial charge in [0.2, 0.25) is 5.88 Å². The van der Waals surface area contributed by atoms with Crippen LogP contribution in [0.4, 0.5) is 0 Å². The summed E-state index contributed by atoms with van der Waals surface area (Å²) >= 11 is 0. The quantitative estimate of drug-likeness (QED) is 0.621. The molecule has 64 valence electrons. The summed E-state index contributed by atoms with van der Waals surface area (Å²) in [7, 11) is 1.55. The van der Waals surface area contributed by atoms with Crippen LogP contribution in [0.1, 0.15) is 5.56 Å². The van der Waals surface area contributed by atoms with Gasteiger partial charge in [-0.05, 0) is 6.07 Å². The molecule has 0 unspecified atom stereocenters. The summed E-state index contributed by atoms with van der Waals surface area (Å²) in [5, 5.41) is 0. The first-order valence-electron chi connectivity index (χ1n) is 3.41. The van der Waals surface area contributed by atoms with Gasteiger partial charge in [0, 0.05) is 17.8 Å². The molecule has 1 aromatic heterocycles. The van der Waals surface area contributed by atoms with Crippen LogP contribution in [-0.2, 0) is 16.1 Å². The lowest BCUT2D eigenvalue weighted by atomic mass is 10.3. The third-order valence-electron chi connectivity index (χ3n) is 1.32. The van der Waals surface area contributed by atoms with Crippen molar-refractivity contribution in [3.63, 3.8) is 0 Å². The Balaban J connectivity index is 2.58. The Morgan fingerprint density at radius 2 is 2.42 bits per heavy atom. The monoisotopic (exact) mass is 167 g/mol. The molecule has 0 bridgehead atoms. The van der Waals surface area contributed by atoms with Crippen LogP contribution in [-0.4, -0.2) is 18.6 Å². The van der Waals surface area contributed by atoms with Crippen molar-refractivity contribution < 1.29 is 14.3 Å². The highest BCUT2D eigenvalue weighted by Crippen LogP contribution is 2.06. The second-order valence-corrected chi connectivity index (χ2v) is 2.12. The maximum atomic E-state index is 9.83. The third kappa shape index (κ3) is 2.23. The van der Waals surface area contributed by atoms with E-state index in [4.69, 9.17) is 4.74 Å². The number of nitrogens with zero attached hydrogens (tertiary/aromatic N) is 1. The first kappa shape index (κ1) is 8.52. The molecule has 0 aliphatic heterocycles. The second-order valence-electron chi connectivity index (χ2n) is 2.12. The van der Waals surface area contributed by atoms with Crippen LogP contribution in [0.15, 0.2) is 18.3 Å². The van der Waals surface area contributed by atoms with Gasteiger partial charge in [-0.15, -0.1) is 0 Å². The van der Waals surface area contributed by atoms with Crippen LogP contribution in [0.2, 0.25) is 0 Å². The Morgan fingerprint density at radius 1 is 1.58 bits per heavy atom. The van der Waals surface area contributed by atoms with E-state index in [9.17, 15) is 4.79 Å². The van der Waals surface area contributed by atoms with Gasteiger partial charge in [-0.25, -0.2) is 4.98 Å². The van der Waals surface area contributed by atoms with E-state index in [0.717, 1.165) is 5.56 Å². The van der Waals surface area contributed by atoms with Crippen molar-refractivity contribution in [2.75, 3.05) is 7.11 Å². The van der Waals surface area contributed by atoms with Crippen LogP contribution >= 0.6 is 0 Å². The molecule has 0 aliphatic carbocycles. The summed E-state index contributed by atoms with van der Waals surface area (Å²) in [4.78, 5) is 13.8. The van der Waals surface area contributed by atoms with Crippen molar-refractivity contribution >= 4 is 6.47 Å². The zero-order valence-corrected chi connectivity index (χ0v) is 6.69. The topological polar surface area (TPSA) is 48.4 Å². The summed E-state index contributed by atoms with van der Waals surface area (Å²) < 4.78 is 9.38. The second kappa shape index (κ2) is 4.33. The largest absolute Gasteiger partial charge is 0.481 e. The van der Waals surface area contributed by atoms with Crippen molar-refractivity contribution in [2.24, 2.45) is 0 Å². The molecule has 12 heavy (non-hydrogen) atoms. The fourth-order valence-electron chi connectivity index (χ4n) is 0.747. The number of carbonyl (C=O) groups excluding carboxylic acids is 1. The molecule has 1 rings (SSSR count). The summed E-state index contributed by atoms with van der Waals surface area (Å²) in [5.74, 6) is 0.546. The molecule has 0 spiro atoms. The normalized spacial score (nSPS) is 9.08. The van der Waals surface area contributed by atoms with E-state index >= 15 is 0 Å². The van der Waals surface area contributed by atoms with Gasteiger partial charge >= 0.3 is 0 Å². The first-order chi connectivity index (χ1) is 5.86. The van der Waals surface area contributed by atoms with Crippen molar-refractivity contribution in [2.45, 2.75) is 6.61 Å². The van der Waals surface area contributed by atoms with Crippen LogP contribution in [0, 0.1) is 0 Å². The predicted octanol–water partition coefficient (Wildman–Crippen LogP) is 0.763. The lowest BCUT2D eigenvalue weighted by Crippen LogP contribution is -1.92. The maximum Gasteiger partial charge on any atom is 0.293 e. The number of hydrogen-bond donors (Lipinski definition) is 0. The average Bonchev–Trinajstić information content (AvgIpc) is 2.15. The zero-order chi connectivity index (χ0) is 8.81. The Morgan fingerprint density at radius 3 is 2.92 bits per heavy atom. The minimum Gasteiger partial charge on any atom is -0.481 e. The van der Waals surface area contributed by atoms with E-state index in [1.54, 1.807) is 25.4 Å². The Bertz CT molecular complexity index is 245. The van der Waals surface area contributed by atoms with E-state index < -0.39 is 0 Å².